The smallest absolute Gasteiger partial charge is 0.290 e. The van der Waals surface area contributed by atoms with Gasteiger partial charge in [0, 0.05) is 6.54 Å². The van der Waals surface area contributed by atoms with Gasteiger partial charge in [0.1, 0.15) is 11.9 Å². The summed E-state index contributed by atoms with van der Waals surface area (Å²) in [5.41, 5.74) is 1.51. The van der Waals surface area contributed by atoms with Crippen LogP contribution in [0.4, 0.5) is 0 Å². The highest BCUT2D eigenvalue weighted by atomic mass is 16.5. The van der Waals surface area contributed by atoms with Gasteiger partial charge in [-0.3, -0.25) is 9.59 Å². The molecule has 5 heteroatoms. The summed E-state index contributed by atoms with van der Waals surface area (Å²) in [5.74, 6) is 0.982. The fourth-order valence-corrected chi connectivity index (χ4v) is 4.91. The Balaban J connectivity index is 1.69. The second-order valence-corrected chi connectivity index (χ2v) is 8.68. The molecule has 2 aliphatic heterocycles. The lowest BCUT2D eigenvalue weighted by atomic mass is 9.77. The Labute approximate surface area is 179 Å². The van der Waals surface area contributed by atoms with Crippen molar-refractivity contribution in [1.82, 2.24) is 4.90 Å². The van der Waals surface area contributed by atoms with Crippen molar-refractivity contribution in [2.24, 2.45) is 5.92 Å². The molecule has 1 saturated carbocycles. The maximum Gasteiger partial charge on any atom is 0.290 e. The number of unbranched alkanes of at least 4 members (excludes halogenated alkanes) is 2. The van der Waals surface area contributed by atoms with Gasteiger partial charge in [0.2, 0.25) is 0 Å². The minimum atomic E-state index is -0.371. The van der Waals surface area contributed by atoms with Gasteiger partial charge in [0.25, 0.3) is 5.91 Å². The van der Waals surface area contributed by atoms with E-state index in [9.17, 15) is 9.59 Å². The highest BCUT2D eigenvalue weighted by Gasteiger charge is 2.51. The predicted molar refractivity (Wildman–Crippen MR) is 115 cm³/mol. The van der Waals surface area contributed by atoms with E-state index in [1.54, 1.807) is 0 Å². The lowest BCUT2D eigenvalue weighted by Crippen LogP contribution is -2.39. The van der Waals surface area contributed by atoms with Crippen molar-refractivity contribution >= 4 is 11.7 Å². The molecular weight excluding hydrogens is 378 g/mol. The molecule has 162 valence electrons. The highest BCUT2D eigenvalue weighted by molar-refractivity contribution is 6.11. The van der Waals surface area contributed by atoms with E-state index in [1.165, 1.54) is 0 Å². The third-order valence-electron chi connectivity index (χ3n) is 6.55. The third kappa shape index (κ3) is 3.86. The number of ether oxygens (including phenoxy) is 2. The first kappa shape index (κ1) is 21.0. The SMILES string of the molecule is CCCCOc1cccc(C2C3=C(OC4CCCCC4C3=O)C(=O)N2CCCC)c1. The number of carbonyl (C=O) groups excluding carboxylic acids is 2. The number of ketones is 1. The summed E-state index contributed by atoms with van der Waals surface area (Å²) in [7, 11) is 0. The average molecular weight is 412 g/mol. The van der Waals surface area contributed by atoms with Gasteiger partial charge in [-0.2, -0.15) is 0 Å². The number of fused-ring (bicyclic) bond motifs is 1. The van der Waals surface area contributed by atoms with Crippen LogP contribution in [-0.4, -0.2) is 35.8 Å². The summed E-state index contributed by atoms with van der Waals surface area (Å²) < 4.78 is 12.1. The molecule has 1 aromatic rings. The number of benzene rings is 1. The van der Waals surface area contributed by atoms with Gasteiger partial charge in [-0.25, -0.2) is 0 Å². The Kier molecular flexibility index (Phi) is 6.45. The third-order valence-corrected chi connectivity index (χ3v) is 6.55. The van der Waals surface area contributed by atoms with Crippen molar-refractivity contribution < 1.29 is 19.1 Å². The monoisotopic (exact) mass is 411 g/mol. The van der Waals surface area contributed by atoms with Crippen LogP contribution in [0.25, 0.3) is 0 Å². The van der Waals surface area contributed by atoms with Gasteiger partial charge >= 0.3 is 0 Å². The van der Waals surface area contributed by atoms with Crippen LogP contribution in [0.5, 0.6) is 5.75 Å². The van der Waals surface area contributed by atoms with E-state index in [0.29, 0.717) is 24.5 Å². The lowest BCUT2D eigenvalue weighted by Gasteiger charge is -2.35. The lowest BCUT2D eigenvalue weighted by molar-refractivity contribution is -0.135. The van der Waals surface area contributed by atoms with Gasteiger partial charge < -0.3 is 14.4 Å². The van der Waals surface area contributed by atoms with Crippen molar-refractivity contribution in [2.45, 2.75) is 77.4 Å². The Morgan fingerprint density at radius 3 is 2.70 bits per heavy atom. The van der Waals surface area contributed by atoms with E-state index in [0.717, 1.165) is 62.7 Å². The molecular formula is C25H33NO4. The molecule has 3 aliphatic rings. The second-order valence-electron chi connectivity index (χ2n) is 8.68. The zero-order valence-corrected chi connectivity index (χ0v) is 18.2. The van der Waals surface area contributed by atoms with Gasteiger partial charge in [-0.05, 0) is 49.8 Å². The Bertz CT molecular complexity index is 830. The van der Waals surface area contributed by atoms with Gasteiger partial charge in [0.15, 0.2) is 11.5 Å². The molecule has 0 radical (unpaired) electrons. The van der Waals surface area contributed by atoms with Crippen molar-refractivity contribution in [3.05, 3.63) is 41.2 Å². The van der Waals surface area contributed by atoms with E-state index in [4.69, 9.17) is 9.47 Å². The minimum Gasteiger partial charge on any atom is -0.494 e. The first-order valence-electron chi connectivity index (χ1n) is 11.6. The maximum absolute atomic E-state index is 13.5. The Morgan fingerprint density at radius 1 is 1.10 bits per heavy atom. The van der Waals surface area contributed by atoms with Crippen LogP contribution in [0.2, 0.25) is 0 Å². The molecule has 1 fully saturated rings. The quantitative estimate of drug-likeness (QED) is 0.567. The summed E-state index contributed by atoms with van der Waals surface area (Å²) in [6.45, 7) is 5.54. The molecule has 0 bridgehead atoms. The van der Waals surface area contributed by atoms with Crippen molar-refractivity contribution in [3.63, 3.8) is 0 Å². The van der Waals surface area contributed by atoms with Gasteiger partial charge in [-0.15, -0.1) is 0 Å². The zero-order valence-electron chi connectivity index (χ0n) is 18.2. The molecule has 2 heterocycles. The topological polar surface area (TPSA) is 55.8 Å². The van der Waals surface area contributed by atoms with Crippen LogP contribution in [0.3, 0.4) is 0 Å². The number of hydrogen-bond donors (Lipinski definition) is 0. The average Bonchev–Trinajstić information content (AvgIpc) is 3.05. The molecule has 0 aromatic heterocycles. The molecule has 4 rings (SSSR count). The van der Waals surface area contributed by atoms with E-state index in [-0.39, 0.29) is 29.8 Å². The molecule has 1 aromatic carbocycles. The summed E-state index contributed by atoms with van der Waals surface area (Å²) >= 11 is 0. The van der Waals surface area contributed by atoms with Crippen LogP contribution in [0.15, 0.2) is 35.6 Å². The summed E-state index contributed by atoms with van der Waals surface area (Å²) in [6.07, 6.45) is 7.66. The second kappa shape index (κ2) is 9.23. The number of hydrogen-bond acceptors (Lipinski definition) is 4. The molecule has 5 nitrogen and oxygen atoms in total. The standard InChI is InChI=1S/C25H33NO4/c1-3-5-14-26-22(17-10-9-11-18(16-17)29-15-6-4-2)21-23(27)19-12-7-8-13-20(19)30-24(21)25(26)28/h9-11,16,19-20,22H,3-8,12-15H2,1-2H3. The number of amides is 1. The van der Waals surface area contributed by atoms with Crippen molar-refractivity contribution in [1.29, 1.82) is 0 Å². The maximum atomic E-state index is 13.5. The van der Waals surface area contributed by atoms with E-state index < -0.39 is 0 Å². The highest BCUT2D eigenvalue weighted by Crippen LogP contribution is 2.47. The molecule has 0 N–H and O–H groups in total. The molecule has 30 heavy (non-hydrogen) atoms. The number of nitrogens with zero attached hydrogens (tertiary/aromatic N) is 1. The van der Waals surface area contributed by atoms with Crippen LogP contribution in [-0.2, 0) is 14.3 Å². The summed E-state index contributed by atoms with van der Waals surface area (Å²) in [5, 5.41) is 0. The normalized spacial score (nSPS) is 25.8. The molecule has 3 atom stereocenters. The number of rotatable bonds is 8. The first-order chi connectivity index (χ1) is 14.7. The van der Waals surface area contributed by atoms with E-state index >= 15 is 0 Å². The summed E-state index contributed by atoms with van der Waals surface area (Å²) in [6, 6.07) is 7.51. The zero-order chi connectivity index (χ0) is 21.1. The Hall–Kier alpha value is -2.30. The number of Topliss-reactive ketones (excluding diaryl/α,β-unsaturated/α-hetero) is 1. The predicted octanol–water partition coefficient (Wildman–Crippen LogP) is 4.96. The number of carbonyl (C=O) groups is 2. The fraction of sp³-hybridized carbons (Fsp3) is 0.600. The van der Waals surface area contributed by atoms with Crippen molar-refractivity contribution in [3.8, 4) is 5.75 Å². The van der Waals surface area contributed by atoms with Crippen molar-refractivity contribution in [2.75, 3.05) is 13.2 Å². The molecule has 1 amide bonds. The Morgan fingerprint density at radius 2 is 1.90 bits per heavy atom. The molecule has 0 spiro atoms. The fourth-order valence-electron chi connectivity index (χ4n) is 4.91. The van der Waals surface area contributed by atoms with Gasteiger partial charge in [0.05, 0.1) is 24.1 Å². The molecule has 3 unspecified atom stereocenters. The van der Waals surface area contributed by atoms with Crippen LogP contribution >= 0.6 is 0 Å². The molecule has 1 aliphatic carbocycles. The first-order valence-corrected chi connectivity index (χ1v) is 11.6. The van der Waals surface area contributed by atoms with E-state index in [2.05, 4.69) is 13.8 Å². The van der Waals surface area contributed by atoms with Crippen LogP contribution in [0, 0.1) is 5.92 Å². The van der Waals surface area contributed by atoms with Crippen LogP contribution in [0.1, 0.15) is 76.8 Å². The molecule has 0 saturated heterocycles. The largest absolute Gasteiger partial charge is 0.494 e. The van der Waals surface area contributed by atoms with Gasteiger partial charge in [-0.1, -0.05) is 45.2 Å². The van der Waals surface area contributed by atoms with Crippen LogP contribution < -0.4 is 4.74 Å². The minimum absolute atomic E-state index is 0.108. The summed E-state index contributed by atoms with van der Waals surface area (Å²) in [4.78, 5) is 28.7. The van der Waals surface area contributed by atoms with E-state index in [1.807, 2.05) is 29.2 Å².